The lowest BCUT2D eigenvalue weighted by molar-refractivity contribution is -0.134. The molecule has 4 nitrogen and oxygen atoms in total. The van der Waals surface area contributed by atoms with Gasteiger partial charge < -0.3 is 14.5 Å². The van der Waals surface area contributed by atoms with E-state index >= 15 is 0 Å². The Bertz CT molecular complexity index is 732. The average molecular weight is 338 g/mol. The molecule has 25 heavy (non-hydrogen) atoms. The van der Waals surface area contributed by atoms with Crippen molar-refractivity contribution in [3.05, 3.63) is 42.5 Å². The second kappa shape index (κ2) is 7.44. The van der Waals surface area contributed by atoms with Crippen LogP contribution in [0, 0.1) is 0 Å². The first kappa shape index (κ1) is 16.4. The van der Waals surface area contributed by atoms with Gasteiger partial charge in [-0.2, -0.15) is 0 Å². The van der Waals surface area contributed by atoms with Crippen LogP contribution in [0.4, 0.5) is 0 Å². The van der Waals surface area contributed by atoms with Crippen molar-refractivity contribution in [3.63, 3.8) is 0 Å². The molecule has 4 rings (SSSR count). The summed E-state index contributed by atoms with van der Waals surface area (Å²) < 4.78 is 5.75. The first-order valence-electron chi connectivity index (χ1n) is 9.43. The maximum atomic E-state index is 12.5. The molecule has 0 unspecified atom stereocenters. The van der Waals surface area contributed by atoms with Crippen LogP contribution in [0.1, 0.15) is 25.7 Å². The summed E-state index contributed by atoms with van der Waals surface area (Å²) in [5, 5.41) is 2.32. The van der Waals surface area contributed by atoms with E-state index in [4.69, 9.17) is 4.74 Å². The van der Waals surface area contributed by atoms with E-state index in [2.05, 4.69) is 17.0 Å². The molecule has 0 atom stereocenters. The molecule has 2 fully saturated rings. The molecule has 0 saturated carbocycles. The number of hydrogen-bond acceptors (Lipinski definition) is 3. The maximum Gasteiger partial charge on any atom is 0.260 e. The molecular weight excluding hydrogens is 312 g/mol. The highest BCUT2D eigenvalue weighted by atomic mass is 16.5. The molecule has 0 N–H and O–H groups in total. The number of likely N-dealkylation sites (tertiary alicyclic amines) is 2. The molecule has 2 aliphatic rings. The fraction of sp³-hybridized carbons (Fsp3) is 0.476. The highest BCUT2D eigenvalue weighted by Gasteiger charge is 2.28. The average Bonchev–Trinajstić information content (AvgIpc) is 3.21. The van der Waals surface area contributed by atoms with Crippen molar-refractivity contribution in [2.75, 3.05) is 32.8 Å². The normalized spacial score (nSPS) is 19.4. The summed E-state index contributed by atoms with van der Waals surface area (Å²) >= 11 is 0. The van der Waals surface area contributed by atoms with Gasteiger partial charge in [0.1, 0.15) is 5.75 Å². The Labute approximate surface area is 149 Å². The lowest BCUT2D eigenvalue weighted by Gasteiger charge is -2.36. The fourth-order valence-corrected chi connectivity index (χ4v) is 4.08. The van der Waals surface area contributed by atoms with Gasteiger partial charge in [-0.15, -0.1) is 0 Å². The Morgan fingerprint density at radius 1 is 0.960 bits per heavy atom. The Morgan fingerprint density at radius 2 is 1.68 bits per heavy atom. The molecule has 4 heteroatoms. The van der Waals surface area contributed by atoms with Crippen molar-refractivity contribution in [1.82, 2.24) is 9.80 Å². The van der Waals surface area contributed by atoms with Crippen molar-refractivity contribution < 1.29 is 9.53 Å². The maximum absolute atomic E-state index is 12.5. The molecule has 1 amide bonds. The SMILES string of the molecule is O=C(COc1ccc2ccccc2c1)N1CCC(N2CCCC2)CC1. The number of ether oxygens (including phenoxy) is 1. The van der Waals surface area contributed by atoms with Crippen molar-refractivity contribution in [2.45, 2.75) is 31.7 Å². The van der Waals surface area contributed by atoms with Gasteiger partial charge in [-0.05, 0) is 61.7 Å². The van der Waals surface area contributed by atoms with Gasteiger partial charge in [0, 0.05) is 19.1 Å². The molecule has 2 heterocycles. The van der Waals surface area contributed by atoms with Gasteiger partial charge in [0.15, 0.2) is 6.61 Å². The van der Waals surface area contributed by atoms with Crippen LogP contribution >= 0.6 is 0 Å². The van der Waals surface area contributed by atoms with E-state index in [1.807, 2.05) is 35.2 Å². The largest absolute Gasteiger partial charge is 0.484 e. The smallest absolute Gasteiger partial charge is 0.260 e. The van der Waals surface area contributed by atoms with E-state index in [1.54, 1.807) is 0 Å². The van der Waals surface area contributed by atoms with Crippen molar-refractivity contribution in [2.24, 2.45) is 0 Å². The van der Waals surface area contributed by atoms with Gasteiger partial charge in [-0.3, -0.25) is 4.79 Å². The number of benzene rings is 2. The predicted octanol–water partition coefficient (Wildman–Crippen LogP) is 3.31. The molecule has 0 aliphatic carbocycles. The molecule has 2 aliphatic heterocycles. The van der Waals surface area contributed by atoms with E-state index in [0.717, 1.165) is 37.1 Å². The minimum Gasteiger partial charge on any atom is -0.484 e. The van der Waals surface area contributed by atoms with Crippen LogP contribution in [0.25, 0.3) is 10.8 Å². The van der Waals surface area contributed by atoms with E-state index in [-0.39, 0.29) is 12.5 Å². The summed E-state index contributed by atoms with van der Waals surface area (Å²) in [6.07, 6.45) is 4.86. The first-order chi connectivity index (χ1) is 12.3. The molecule has 0 aromatic heterocycles. The fourth-order valence-electron chi connectivity index (χ4n) is 4.08. The summed E-state index contributed by atoms with van der Waals surface area (Å²) in [6.45, 7) is 4.34. The van der Waals surface area contributed by atoms with Crippen LogP contribution < -0.4 is 4.74 Å². The first-order valence-corrected chi connectivity index (χ1v) is 9.43. The standard InChI is InChI=1S/C21H26N2O2/c24-21(23-13-9-19(10-14-23)22-11-3-4-12-22)16-25-20-8-7-17-5-1-2-6-18(17)15-20/h1-2,5-8,15,19H,3-4,9-14,16H2. The van der Waals surface area contributed by atoms with Crippen LogP contribution in [0.15, 0.2) is 42.5 Å². The highest BCUT2D eigenvalue weighted by molar-refractivity contribution is 5.84. The number of carbonyl (C=O) groups excluding carboxylic acids is 1. The lowest BCUT2D eigenvalue weighted by atomic mass is 10.0. The molecule has 0 radical (unpaired) electrons. The van der Waals surface area contributed by atoms with E-state index in [9.17, 15) is 4.79 Å². The van der Waals surface area contributed by atoms with Gasteiger partial charge in [0.05, 0.1) is 0 Å². The van der Waals surface area contributed by atoms with Crippen molar-refractivity contribution in [1.29, 1.82) is 0 Å². The molecule has 2 aromatic carbocycles. The van der Waals surface area contributed by atoms with Crippen LogP contribution in [0.3, 0.4) is 0 Å². The molecule has 0 bridgehead atoms. The molecule has 2 aromatic rings. The lowest BCUT2D eigenvalue weighted by Crippen LogP contribution is -2.47. The number of piperidine rings is 1. The van der Waals surface area contributed by atoms with Gasteiger partial charge in [-0.1, -0.05) is 30.3 Å². The predicted molar refractivity (Wildman–Crippen MR) is 99.9 cm³/mol. The molecular formula is C21H26N2O2. The summed E-state index contributed by atoms with van der Waals surface area (Å²) in [4.78, 5) is 17.0. The molecule has 132 valence electrons. The van der Waals surface area contributed by atoms with Crippen molar-refractivity contribution >= 4 is 16.7 Å². The second-order valence-corrected chi connectivity index (χ2v) is 7.15. The van der Waals surface area contributed by atoms with E-state index in [1.165, 1.54) is 31.3 Å². The summed E-state index contributed by atoms with van der Waals surface area (Å²) in [6, 6.07) is 14.8. The zero-order valence-electron chi connectivity index (χ0n) is 14.7. The van der Waals surface area contributed by atoms with Gasteiger partial charge in [0.25, 0.3) is 5.91 Å². The van der Waals surface area contributed by atoms with Gasteiger partial charge in [0.2, 0.25) is 0 Å². The topological polar surface area (TPSA) is 32.8 Å². The minimum atomic E-state index is 0.105. The highest BCUT2D eigenvalue weighted by Crippen LogP contribution is 2.22. The van der Waals surface area contributed by atoms with E-state index in [0.29, 0.717) is 6.04 Å². The van der Waals surface area contributed by atoms with Crippen LogP contribution in [0.5, 0.6) is 5.75 Å². The number of fused-ring (bicyclic) bond motifs is 1. The zero-order chi connectivity index (χ0) is 17.1. The van der Waals surface area contributed by atoms with E-state index < -0.39 is 0 Å². The second-order valence-electron chi connectivity index (χ2n) is 7.15. The third-order valence-electron chi connectivity index (χ3n) is 5.56. The van der Waals surface area contributed by atoms with Crippen LogP contribution in [-0.2, 0) is 4.79 Å². The molecule has 2 saturated heterocycles. The number of amides is 1. The summed E-state index contributed by atoms with van der Waals surface area (Å²) in [5.74, 6) is 0.868. The Morgan fingerprint density at radius 3 is 2.44 bits per heavy atom. The minimum absolute atomic E-state index is 0.105. The number of nitrogens with zero attached hydrogens (tertiary/aromatic N) is 2. The monoisotopic (exact) mass is 338 g/mol. The Hall–Kier alpha value is -2.07. The number of carbonyl (C=O) groups is 1. The van der Waals surface area contributed by atoms with Crippen LogP contribution in [-0.4, -0.2) is 54.5 Å². The Balaban J connectivity index is 1.28. The van der Waals surface area contributed by atoms with Crippen molar-refractivity contribution in [3.8, 4) is 5.75 Å². The van der Waals surface area contributed by atoms with Gasteiger partial charge >= 0.3 is 0 Å². The number of rotatable bonds is 4. The summed E-state index contributed by atoms with van der Waals surface area (Å²) in [5.41, 5.74) is 0. The quantitative estimate of drug-likeness (QED) is 0.857. The summed E-state index contributed by atoms with van der Waals surface area (Å²) in [7, 11) is 0. The third-order valence-corrected chi connectivity index (χ3v) is 5.56. The third kappa shape index (κ3) is 3.79. The van der Waals surface area contributed by atoms with Gasteiger partial charge in [-0.25, -0.2) is 0 Å². The van der Waals surface area contributed by atoms with Crippen LogP contribution in [0.2, 0.25) is 0 Å². The zero-order valence-corrected chi connectivity index (χ0v) is 14.7. The number of hydrogen-bond donors (Lipinski definition) is 0. The molecule has 0 spiro atoms. The Kier molecular flexibility index (Phi) is 4.88.